The highest BCUT2D eigenvalue weighted by Crippen LogP contribution is 2.28. The summed E-state index contributed by atoms with van der Waals surface area (Å²) in [7, 11) is 3.10. The van der Waals surface area contributed by atoms with Crippen LogP contribution in [-0.2, 0) is 14.3 Å². The Morgan fingerprint density at radius 3 is 2.40 bits per heavy atom. The van der Waals surface area contributed by atoms with Gasteiger partial charge < -0.3 is 19.5 Å². The SMILES string of the molecule is CC[C@H](C)c1ccccc1NC(=O)[C@H](C)OC(=O)/C=C/c1ccc(OC)c(OC)c1. The second-order valence-electron chi connectivity index (χ2n) is 6.91. The summed E-state index contributed by atoms with van der Waals surface area (Å²) in [6.07, 6.45) is 2.89. The van der Waals surface area contributed by atoms with Gasteiger partial charge in [-0.15, -0.1) is 0 Å². The summed E-state index contributed by atoms with van der Waals surface area (Å²) < 4.78 is 15.7. The predicted octanol–water partition coefficient (Wildman–Crippen LogP) is 4.80. The van der Waals surface area contributed by atoms with Crippen molar-refractivity contribution in [3.05, 3.63) is 59.7 Å². The van der Waals surface area contributed by atoms with Crippen LogP contribution < -0.4 is 14.8 Å². The highest BCUT2D eigenvalue weighted by Gasteiger charge is 2.19. The Morgan fingerprint density at radius 1 is 1.03 bits per heavy atom. The van der Waals surface area contributed by atoms with E-state index in [9.17, 15) is 9.59 Å². The Morgan fingerprint density at radius 2 is 1.73 bits per heavy atom. The number of carbonyl (C=O) groups excluding carboxylic acids is 2. The zero-order chi connectivity index (χ0) is 22.1. The molecule has 0 aliphatic carbocycles. The normalized spacial score (nSPS) is 12.8. The third kappa shape index (κ3) is 6.11. The van der Waals surface area contributed by atoms with Crippen molar-refractivity contribution in [3.63, 3.8) is 0 Å². The van der Waals surface area contributed by atoms with Crippen LogP contribution in [0.1, 0.15) is 44.2 Å². The Balaban J connectivity index is 1.99. The van der Waals surface area contributed by atoms with E-state index in [4.69, 9.17) is 14.2 Å². The van der Waals surface area contributed by atoms with Gasteiger partial charge in [0.05, 0.1) is 14.2 Å². The van der Waals surface area contributed by atoms with Crippen molar-refractivity contribution in [2.45, 2.75) is 39.2 Å². The molecule has 2 aromatic rings. The van der Waals surface area contributed by atoms with Crippen LogP contribution in [0.4, 0.5) is 5.69 Å². The highest BCUT2D eigenvalue weighted by molar-refractivity contribution is 5.97. The van der Waals surface area contributed by atoms with Gasteiger partial charge in [0.2, 0.25) is 0 Å². The van der Waals surface area contributed by atoms with Gasteiger partial charge in [0, 0.05) is 11.8 Å². The summed E-state index contributed by atoms with van der Waals surface area (Å²) >= 11 is 0. The molecule has 0 unspecified atom stereocenters. The third-order valence-electron chi connectivity index (χ3n) is 4.84. The molecule has 0 saturated heterocycles. The lowest BCUT2D eigenvalue weighted by Gasteiger charge is -2.17. The van der Waals surface area contributed by atoms with E-state index in [0.29, 0.717) is 17.4 Å². The third-order valence-corrected chi connectivity index (χ3v) is 4.84. The number of ether oxygens (including phenoxy) is 3. The van der Waals surface area contributed by atoms with Crippen LogP contribution in [-0.4, -0.2) is 32.2 Å². The standard InChI is InChI=1S/C24H29NO5/c1-6-16(2)19-9-7-8-10-20(19)25-24(27)17(3)30-23(26)14-12-18-11-13-21(28-4)22(15-18)29-5/h7-17H,6H2,1-5H3,(H,25,27)/b14-12+/t16-,17-/m0/s1. The minimum Gasteiger partial charge on any atom is -0.493 e. The van der Waals surface area contributed by atoms with Gasteiger partial charge in [-0.25, -0.2) is 4.79 Å². The first-order chi connectivity index (χ1) is 14.4. The number of esters is 1. The monoisotopic (exact) mass is 411 g/mol. The van der Waals surface area contributed by atoms with Crippen molar-refractivity contribution in [2.75, 3.05) is 19.5 Å². The molecule has 0 aromatic heterocycles. The van der Waals surface area contributed by atoms with Gasteiger partial charge in [-0.1, -0.05) is 38.1 Å². The van der Waals surface area contributed by atoms with E-state index in [1.807, 2.05) is 24.3 Å². The fraction of sp³-hybridized carbons (Fsp3) is 0.333. The smallest absolute Gasteiger partial charge is 0.331 e. The molecule has 0 aliphatic heterocycles. The summed E-state index contributed by atoms with van der Waals surface area (Å²) in [5, 5.41) is 2.86. The maximum Gasteiger partial charge on any atom is 0.331 e. The van der Waals surface area contributed by atoms with Crippen molar-refractivity contribution in [3.8, 4) is 11.5 Å². The van der Waals surface area contributed by atoms with Crippen LogP contribution in [0.25, 0.3) is 6.08 Å². The highest BCUT2D eigenvalue weighted by atomic mass is 16.5. The predicted molar refractivity (Wildman–Crippen MR) is 118 cm³/mol. The number of methoxy groups -OCH3 is 2. The molecular weight excluding hydrogens is 382 g/mol. The van der Waals surface area contributed by atoms with Crippen LogP contribution in [0.2, 0.25) is 0 Å². The first kappa shape index (κ1) is 23.0. The number of anilines is 1. The summed E-state index contributed by atoms with van der Waals surface area (Å²) in [5.41, 5.74) is 2.53. The van der Waals surface area contributed by atoms with E-state index in [2.05, 4.69) is 19.2 Å². The topological polar surface area (TPSA) is 73.9 Å². The van der Waals surface area contributed by atoms with Crippen molar-refractivity contribution < 1.29 is 23.8 Å². The number of nitrogens with one attached hydrogen (secondary N) is 1. The lowest BCUT2D eigenvalue weighted by molar-refractivity contribution is -0.148. The molecule has 2 aromatic carbocycles. The second kappa shape index (κ2) is 11.0. The molecule has 0 saturated carbocycles. The molecule has 0 fully saturated rings. The first-order valence-electron chi connectivity index (χ1n) is 9.90. The Bertz CT molecular complexity index is 906. The number of para-hydroxylation sites is 1. The molecule has 2 rings (SSSR count). The Labute approximate surface area is 177 Å². The maximum absolute atomic E-state index is 12.5. The quantitative estimate of drug-likeness (QED) is 0.474. The van der Waals surface area contributed by atoms with Gasteiger partial charge in [0.25, 0.3) is 5.91 Å². The number of rotatable bonds is 9. The van der Waals surface area contributed by atoms with E-state index in [1.54, 1.807) is 45.4 Å². The van der Waals surface area contributed by atoms with Crippen LogP contribution >= 0.6 is 0 Å². The van der Waals surface area contributed by atoms with Gasteiger partial charge in [0.15, 0.2) is 17.6 Å². The maximum atomic E-state index is 12.5. The average Bonchev–Trinajstić information content (AvgIpc) is 2.77. The molecule has 0 bridgehead atoms. The molecule has 2 atom stereocenters. The molecule has 6 nitrogen and oxygen atoms in total. The molecule has 0 heterocycles. The molecule has 6 heteroatoms. The van der Waals surface area contributed by atoms with E-state index < -0.39 is 12.1 Å². The molecule has 0 spiro atoms. The van der Waals surface area contributed by atoms with E-state index >= 15 is 0 Å². The van der Waals surface area contributed by atoms with E-state index in [1.165, 1.54) is 6.08 Å². The summed E-state index contributed by atoms with van der Waals surface area (Å²) in [5.74, 6) is 0.478. The van der Waals surface area contributed by atoms with Crippen LogP contribution in [0.3, 0.4) is 0 Å². The van der Waals surface area contributed by atoms with Crippen molar-refractivity contribution >= 4 is 23.6 Å². The summed E-state index contributed by atoms with van der Waals surface area (Å²) in [6, 6.07) is 12.9. The zero-order valence-electron chi connectivity index (χ0n) is 18.1. The first-order valence-corrected chi connectivity index (χ1v) is 9.90. The molecule has 1 amide bonds. The number of carbonyl (C=O) groups is 2. The van der Waals surface area contributed by atoms with Gasteiger partial charge in [-0.05, 0) is 54.7 Å². The molecular formula is C24H29NO5. The van der Waals surface area contributed by atoms with Crippen LogP contribution in [0.5, 0.6) is 11.5 Å². The minimum absolute atomic E-state index is 0.309. The Kier molecular flexibility index (Phi) is 8.47. The Hall–Kier alpha value is -3.28. The molecule has 0 radical (unpaired) electrons. The molecule has 0 aliphatic rings. The van der Waals surface area contributed by atoms with Gasteiger partial charge in [-0.3, -0.25) is 4.79 Å². The minimum atomic E-state index is -0.933. The molecule has 160 valence electrons. The van der Waals surface area contributed by atoms with E-state index in [-0.39, 0.29) is 5.91 Å². The fourth-order valence-electron chi connectivity index (χ4n) is 2.88. The molecule has 30 heavy (non-hydrogen) atoms. The van der Waals surface area contributed by atoms with Crippen LogP contribution in [0.15, 0.2) is 48.5 Å². The van der Waals surface area contributed by atoms with Crippen LogP contribution in [0, 0.1) is 0 Å². The second-order valence-corrected chi connectivity index (χ2v) is 6.91. The van der Waals surface area contributed by atoms with E-state index in [0.717, 1.165) is 23.2 Å². The fourth-order valence-corrected chi connectivity index (χ4v) is 2.88. The number of hydrogen-bond acceptors (Lipinski definition) is 5. The van der Waals surface area contributed by atoms with Gasteiger partial charge in [-0.2, -0.15) is 0 Å². The summed E-state index contributed by atoms with van der Waals surface area (Å²) in [6.45, 7) is 5.75. The lowest BCUT2D eigenvalue weighted by atomic mass is 9.97. The largest absolute Gasteiger partial charge is 0.493 e. The van der Waals surface area contributed by atoms with Crippen molar-refractivity contribution in [1.82, 2.24) is 0 Å². The summed E-state index contributed by atoms with van der Waals surface area (Å²) in [4.78, 5) is 24.6. The van der Waals surface area contributed by atoms with Crippen molar-refractivity contribution in [1.29, 1.82) is 0 Å². The lowest BCUT2D eigenvalue weighted by Crippen LogP contribution is -2.29. The van der Waals surface area contributed by atoms with Crippen molar-refractivity contribution in [2.24, 2.45) is 0 Å². The number of benzene rings is 2. The zero-order valence-corrected chi connectivity index (χ0v) is 18.1. The number of amides is 1. The molecule has 1 N–H and O–H groups in total. The average molecular weight is 411 g/mol. The van der Waals surface area contributed by atoms with Gasteiger partial charge >= 0.3 is 5.97 Å². The van der Waals surface area contributed by atoms with Gasteiger partial charge in [0.1, 0.15) is 0 Å². The number of hydrogen-bond donors (Lipinski definition) is 1.